The predicted octanol–water partition coefficient (Wildman–Crippen LogP) is 0.208. The van der Waals surface area contributed by atoms with Crippen LogP contribution in [0.2, 0.25) is 0 Å². The lowest BCUT2D eigenvalue weighted by molar-refractivity contribution is 0.0978. The molecule has 3 heterocycles. The van der Waals surface area contributed by atoms with Crippen molar-refractivity contribution in [2.75, 3.05) is 22.5 Å². The molecule has 0 unspecified atom stereocenters. The summed E-state index contributed by atoms with van der Waals surface area (Å²) in [6, 6.07) is 3.13. The topological polar surface area (TPSA) is 117 Å². The average molecular weight is 286 g/mol. The Morgan fingerprint density at radius 2 is 2.33 bits per heavy atom. The van der Waals surface area contributed by atoms with E-state index in [2.05, 4.69) is 20.3 Å². The highest BCUT2D eigenvalue weighted by molar-refractivity contribution is 6.08. The summed E-state index contributed by atoms with van der Waals surface area (Å²) < 4.78 is 0. The SMILES string of the molecule is C[C@H]1CNc2nc(N)[nH]c(=O)c2N1C(=O)c1cccnc1. The molecule has 8 nitrogen and oxygen atoms in total. The first kappa shape index (κ1) is 13.1. The van der Waals surface area contributed by atoms with Gasteiger partial charge in [-0.2, -0.15) is 4.98 Å². The number of aromatic nitrogens is 3. The highest BCUT2D eigenvalue weighted by atomic mass is 16.2. The number of anilines is 3. The minimum absolute atomic E-state index is 0.00887. The molecule has 3 rings (SSSR count). The summed E-state index contributed by atoms with van der Waals surface area (Å²) in [4.78, 5) is 36.6. The van der Waals surface area contributed by atoms with Crippen molar-refractivity contribution in [3.8, 4) is 0 Å². The number of H-pyrrole nitrogens is 1. The van der Waals surface area contributed by atoms with E-state index >= 15 is 0 Å². The molecule has 1 atom stereocenters. The van der Waals surface area contributed by atoms with Crippen molar-refractivity contribution in [1.82, 2.24) is 15.0 Å². The number of amides is 1. The van der Waals surface area contributed by atoms with E-state index in [0.29, 0.717) is 17.9 Å². The Morgan fingerprint density at radius 1 is 1.52 bits per heavy atom. The van der Waals surface area contributed by atoms with Gasteiger partial charge in [0.2, 0.25) is 5.95 Å². The molecule has 0 bridgehead atoms. The van der Waals surface area contributed by atoms with Crippen LogP contribution in [0.4, 0.5) is 17.5 Å². The summed E-state index contributed by atoms with van der Waals surface area (Å²) in [6.07, 6.45) is 3.05. The summed E-state index contributed by atoms with van der Waals surface area (Å²) in [5.41, 5.74) is 5.67. The number of nitrogens with zero attached hydrogens (tertiary/aromatic N) is 3. The number of nitrogen functional groups attached to an aromatic ring is 1. The molecule has 108 valence electrons. The van der Waals surface area contributed by atoms with Gasteiger partial charge >= 0.3 is 0 Å². The number of fused-ring (bicyclic) bond motifs is 1. The second kappa shape index (κ2) is 4.89. The molecule has 0 saturated carbocycles. The van der Waals surface area contributed by atoms with Gasteiger partial charge in [-0.25, -0.2) is 0 Å². The molecule has 0 aliphatic carbocycles. The van der Waals surface area contributed by atoms with Crippen molar-refractivity contribution in [1.29, 1.82) is 0 Å². The second-order valence-electron chi connectivity index (χ2n) is 4.80. The minimum atomic E-state index is -0.450. The maximum absolute atomic E-state index is 12.7. The Hall–Kier alpha value is -2.90. The fraction of sp³-hybridized carbons (Fsp3) is 0.231. The first-order valence-electron chi connectivity index (χ1n) is 6.45. The third-order valence-corrected chi connectivity index (χ3v) is 3.29. The van der Waals surface area contributed by atoms with Crippen molar-refractivity contribution in [2.24, 2.45) is 0 Å². The average Bonchev–Trinajstić information content (AvgIpc) is 2.48. The number of nitrogens with one attached hydrogen (secondary N) is 2. The minimum Gasteiger partial charge on any atom is -0.369 e. The Balaban J connectivity index is 2.12. The fourth-order valence-corrected chi connectivity index (χ4v) is 2.32. The number of rotatable bonds is 1. The molecule has 0 radical (unpaired) electrons. The van der Waals surface area contributed by atoms with Gasteiger partial charge < -0.3 is 11.1 Å². The van der Waals surface area contributed by atoms with Crippen LogP contribution in [0, 0.1) is 0 Å². The van der Waals surface area contributed by atoms with E-state index in [1.54, 1.807) is 18.3 Å². The number of hydrogen-bond donors (Lipinski definition) is 3. The van der Waals surface area contributed by atoms with Crippen molar-refractivity contribution in [3.63, 3.8) is 0 Å². The predicted molar refractivity (Wildman–Crippen MR) is 78.3 cm³/mol. The van der Waals surface area contributed by atoms with Crippen molar-refractivity contribution in [2.45, 2.75) is 13.0 Å². The van der Waals surface area contributed by atoms with Crippen molar-refractivity contribution >= 4 is 23.4 Å². The van der Waals surface area contributed by atoms with Crippen molar-refractivity contribution < 1.29 is 4.79 Å². The van der Waals surface area contributed by atoms with Gasteiger partial charge in [-0.1, -0.05) is 0 Å². The van der Waals surface area contributed by atoms with E-state index in [9.17, 15) is 9.59 Å². The number of aromatic amines is 1. The Morgan fingerprint density at radius 3 is 3.05 bits per heavy atom. The van der Waals surface area contributed by atoms with Gasteiger partial charge in [0.25, 0.3) is 11.5 Å². The van der Waals surface area contributed by atoms with E-state index in [4.69, 9.17) is 5.73 Å². The van der Waals surface area contributed by atoms with Crippen LogP contribution in [-0.2, 0) is 0 Å². The number of carbonyl (C=O) groups excluding carboxylic acids is 1. The Labute approximate surface area is 120 Å². The fourth-order valence-electron chi connectivity index (χ4n) is 2.32. The maximum atomic E-state index is 12.7. The number of nitrogens with two attached hydrogens (primary N) is 1. The summed E-state index contributed by atoms with van der Waals surface area (Å²) in [6.45, 7) is 2.33. The highest BCUT2D eigenvalue weighted by Gasteiger charge is 2.32. The van der Waals surface area contributed by atoms with E-state index in [-0.39, 0.29) is 23.6 Å². The number of pyridine rings is 1. The molecule has 1 aliphatic rings. The molecule has 1 amide bonds. The van der Waals surface area contributed by atoms with E-state index < -0.39 is 5.56 Å². The molecular formula is C13H14N6O2. The van der Waals surface area contributed by atoms with Gasteiger partial charge in [-0.15, -0.1) is 0 Å². The van der Waals surface area contributed by atoms with Crippen LogP contribution in [0.25, 0.3) is 0 Å². The van der Waals surface area contributed by atoms with Crippen LogP contribution >= 0.6 is 0 Å². The molecule has 8 heteroatoms. The highest BCUT2D eigenvalue weighted by Crippen LogP contribution is 2.27. The van der Waals surface area contributed by atoms with Gasteiger partial charge in [0.1, 0.15) is 0 Å². The normalized spacial score (nSPS) is 17.0. The van der Waals surface area contributed by atoms with Crippen LogP contribution in [0.3, 0.4) is 0 Å². The lowest BCUT2D eigenvalue weighted by Crippen LogP contribution is -2.49. The molecule has 0 spiro atoms. The summed E-state index contributed by atoms with van der Waals surface area (Å²) >= 11 is 0. The monoisotopic (exact) mass is 286 g/mol. The smallest absolute Gasteiger partial charge is 0.278 e. The third-order valence-electron chi connectivity index (χ3n) is 3.29. The molecule has 2 aromatic heterocycles. The van der Waals surface area contributed by atoms with E-state index in [0.717, 1.165) is 0 Å². The quantitative estimate of drug-likeness (QED) is 0.689. The molecule has 0 aromatic carbocycles. The summed E-state index contributed by atoms with van der Waals surface area (Å²) in [5, 5.41) is 3.01. The zero-order valence-corrected chi connectivity index (χ0v) is 11.3. The maximum Gasteiger partial charge on any atom is 0.278 e. The van der Waals surface area contributed by atoms with Crippen LogP contribution < -0.4 is 21.5 Å². The van der Waals surface area contributed by atoms with Gasteiger partial charge in [0, 0.05) is 18.9 Å². The largest absolute Gasteiger partial charge is 0.369 e. The first-order valence-corrected chi connectivity index (χ1v) is 6.45. The van der Waals surface area contributed by atoms with Gasteiger partial charge in [-0.3, -0.25) is 24.5 Å². The van der Waals surface area contributed by atoms with Crippen molar-refractivity contribution in [3.05, 3.63) is 40.4 Å². The van der Waals surface area contributed by atoms with Gasteiger partial charge in [0.05, 0.1) is 11.6 Å². The van der Waals surface area contributed by atoms with Crippen LogP contribution in [0.1, 0.15) is 17.3 Å². The van der Waals surface area contributed by atoms with Crippen LogP contribution in [-0.4, -0.2) is 33.4 Å². The van der Waals surface area contributed by atoms with Crippen LogP contribution in [0.15, 0.2) is 29.3 Å². The summed E-state index contributed by atoms with van der Waals surface area (Å²) in [7, 11) is 0. The standard InChI is InChI=1S/C13H14N6O2/c1-7-5-16-10-9(11(20)18-13(14)17-10)19(7)12(21)8-3-2-4-15-6-8/h2-4,6-7H,5H2,1H3,(H4,14,16,17,18,20)/t7-/m0/s1. The molecule has 0 saturated heterocycles. The lowest BCUT2D eigenvalue weighted by Gasteiger charge is -2.34. The molecule has 1 aliphatic heterocycles. The third kappa shape index (κ3) is 2.20. The Kier molecular flexibility index (Phi) is 3.05. The van der Waals surface area contributed by atoms with Gasteiger partial charge in [-0.05, 0) is 19.1 Å². The lowest BCUT2D eigenvalue weighted by atomic mass is 10.1. The first-order chi connectivity index (χ1) is 10.1. The zero-order valence-electron chi connectivity index (χ0n) is 11.3. The molecule has 0 fully saturated rings. The second-order valence-corrected chi connectivity index (χ2v) is 4.80. The number of carbonyl (C=O) groups is 1. The van der Waals surface area contributed by atoms with E-state index in [1.807, 2.05) is 6.92 Å². The Bertz CT molecular complexity index is 742. The molecule has 21 heavy (non-hydrogen) atoms. The molecule has 4 N–H and O–H groups in total. The summed E-state index contributed by atoms with van der Waals surface area (Å²) in [5.74, 6) is 0.0246. The zero-order chi connectivity index (χ0) is 15.0. The van der Waals surface area contributed by atoms with Crippen LogP contribution in [0.5, 0.6) is 0 Å². The molecular weight excluding hydrogens is 272 g/mol. The van der Waals surface area contributed by atoms with E-state index in [1.165, 1.54) is 11.1 Å². The van der Waals surface area contributed by atoms with Gasteiger partial charge in [0.15, 0.2) is 11.5 Å². The number of hydrogen-bond acceptors (Lipinski definition) is 6. The molecule has 2 aromatic rings.